The maximum atomic E-state index is 12.4. The number of nitrogens with zero attached hydrogens (tertiary/aromatic N) is 1. The summed E-state index contributed by atoms with van der Waals surface area (Å²) in [7, 11) is 0. The maximum absolute atomic E-state index is 12.4. The number of anilines is 1. The van der Waals surface area contributed by atoms with Crippen LogP contribution in [-0.2, 0) is 0 Å². The Morgan fingerprint density at radius 3 is 2.38 bits per heavy atom. The van der Waals surface area contributed by atoms with Gasteiger partial charge in [0, 0.05) is 15.2 Å². The highest BCUT2D eigenvalue weighted by Gasteiger charge is 2.17. The SMILES string of the molecule is N#CC(c1ccccc1)c1ccc(NC(=O)c2ccccc2Br)cc1Cl. The summed E-state index contributed by atoms with van der Waals surface area (Å²) in [5.74, 6) is -0.696. The Bertz CT molecular complexity index is 983. The Balaban J connectivity index is 1.85. The molecule has 1 N–H and O–H groups in total. The first-order valence-corrected chi connectivity index (χ1v) is 9.07. The quantitative estimate of drug-likeness (QED) is 0.556. The van der Waals surface area contributed by atoms with E-state index in [1.54, 1.807) is 30.3 Å². The third-order valence-electron chi connectivity index (χ3n) is 3.95. The number of halogens is 2. The average molecular weight is 426 g/mol. The lowest BCUT2D eigenvalue weighted by molar-refractivity contribution is 0.102. The van der Waals surface area contributed by atoms with Crippen LogP contribution < -0.4 is 5.32 Å². The predicted molar refractivity (Wildman–Crippen MR) is 107 cm³/mol. The molecule has 3 nitrogen and oxygen atoms in total. The summed E-state index contributed by atoms with van der Waals surface area (Å²) in [6.07, 6.45) is 0. The van der Waals surface area contributed by atoms with E-state index >= 15 is 0 Å². The number of amides is 1. The summed E-state index contributed by atoms with van der Waals surface area (Å²) in [4.78, 5) is 12.4. The van der Waals surface area contributed by atoms with Gasteiger partial charge < -0.3 is 5.32 Å². The Labute approximate surface area is 165 Å². The Morgan fingerprint density at radius 2 is 1.73 bits per heavy atom. The van der Waals surface area contributed by atoms with Gasteiger partial charge in [-0.05, 0) is 51.3 Å². The van der Waals surface area contributed by atoms with E-state index in [-0.39, 0.29) is 5.91 Å². The van der Waals surface area contributed by atoms with Crippen LogP contribution in [0.5, 0.6) is 0 Å². The van der Waals surface area contributed by atoms with Crippen LogP contribution in [-0.4, -0.2) is 5.91 Å². The van der Waals surface area contributed by atoms with E-state index in [0.717, 1.165) is 5.56 Å². The smallest absolute Gasteiger partial charge is 0.256 e. The zero-order chi connectivity index (χ0) is 18.5. The molecule has 0 bridgehead atoms. The summed E-state index contributed by atoms with van der Waals surface area (Å²) < 4.78 is 0.717. The van der Waals surface area contributed by atoms with Crippen LogP contribution in [0, 0.1) is 11.3 Å². The maximum Gasteiger partial charge on any atom is 0.256 e. The summed E-state index contributed by atoms with van der Waals surface area (Å²) in [6, 6.07) is 24.1. The molecule has 0 aliphatic heterocycles. The highest BCUT2D eigenvalue weighted by atomic mass is 79.9. The van der Waals surface area contributed by atoms with Gasteiger partial charge in [-0.25, -0.2) is 0 Å². The van der Waals surface area contributed by atoms with Gasteiger partial charge >= 0.3 is 0 Å². The molecule has 3 aromatic carbocycles. The molecule has 0 saturated carbocycles. The standard InChI is InChI=1S/C21H14BrClN2O/c22-19-9-5-4-8-17(19)21(26)25-15-10-11-16(20(23)12-15)18(13-24)14-6-2-1-3-7-14/h1-12,18H,(H,25,26). The number of benzene rings is 3. The molecule has 26 heavy (non-hydrogen) atoms. The zero-order valence-electron chi connectivity index (χ0n) is 13.6. The number of carbonyl (C=O) groups excluding carboxylic acids is 1. The van der Waals surface area contributed by atoms with E-state index < -0.39 is 5.92 Å². The van der Waals surface area contributed by atoms with Crippen molar-refractivity contribution >= 4 is 39.1 Å². The van der Waals surface area contributed by atoms with Gasteiger partial charge in [0.15, 0.2) is 0 Å². The molecule has 1 unspecified atom stereocenters. The second kappa shape index (κ2) is 8.18. The Hall–Kier alpha value is -2.61. The average Bonchev–Trinajstić information content (AvgIpc) is 2.65. The minimum absolute atomic E-state index is 0.235. The van der Waals surface area contributed by atoms with Crippen molar-refractivity contribution in [1.29, 1.82) is 5.26 Å². The summed E-state index contributed by atoms with van der Waals surface area (Å²) in [6.45, 7) is 0. The number of hydrogen-bond acceptors (Lipinski definition) is 2. The van der Waals surface area contributed by atoms with E-state index in [2.05, 4.69) is 27.3 Å². The van der Waals surface area contributed by atoms with Crippen LogP contribution in [0.3, 0.4) is 0 Å². The van der Waals surface area contributed by atoms with Crippen LogP contribution >= 0.6 is 27.5 Å². The van der Waals surface area contributed by atoms with Gasteiger partial charge in [-0.2, -0.15) is 5.26 Å². The van der Waals surface area contributed by atoms with Crippen molar-refractivity contribution in [2.24, 2.45) is 0 Å². The third-order valence-corrected chi connectivity index (χ3v) is 4.97. The first-order valence-electron chi connectivity index (χ1n) is 7.90. The molecule has 0 spiro atoms. The Kier molecular flexibility index (Phi) is 5.72. The number of hydrogen-bond donors (Lipinski definition) is 1. The topological polar surface area (TPSA) is 52.9 Å². The van der Waals surface area contributed by atoms with Gasteiger partial charge in [0.2, 0.25) is 0 Å². The molecule has 0 heterocycles. The van der Waals surface area contributed by atoms with E-state index in [1.807, 2.05) is 42.5 Å². The summed E-state index contributed by atoms with van der Waals surface area (Å²) in [5.41, 5.74) is 2.69. The molecule has 3 aromatic rings. The second-order valence-corrected chi connectivity index (χ2v) is 6.90. The Morgan fingerprint density at radius 1 is 1.04 bits per heavy atom. The van der Waals surface area contributed by atoms with Crippen LogP contribution in [0.1, 0.15) is 27.4 Å². The minimum Gasteiger partial charge on any atom is -0.322 e. The van der Waals surface area contributed by atoms with Crippen LogP contribution in [0.4, 0.5) is 5.69 Å². The molecule has 1 atom stereocenters. The van der Waals surface area contributed by atoms with E-state index in [1.165, 1.54) is 0 Å². The molecule has 0 aliphatic rings. The molecule has 0 radical (unpaired) electrons. The molecular formula is C21H14BrClN2O. The van der Waals surface area contributed by atoms with Gasteiger partial charge in [0.1, 0.15) is 0 Å². The number of carbonyl (C=O) groups is 1. The fourth-order valence-electron chi connectivity index (χ4n) is 2.65. The van der Waals surface area contributed by atoms with E-state index in [0.29, 0.717) is 26.3 Å². The van der Waals surface area contributed by atoms with Crippen molar-refractivity contribution in [3.05, 3.63) is 99.0 Å². The number of nitrogens with one attached hydrogen (secondary N) is 1. The molecule has 5 heteroatoms. The molecular weight excluding hydrogens is 412 g/mol. The van der Waals surface area contributed by atoms with Gasteiger partial charge in [-0.15, -0.1) is 0 Å². The summed E-state index contributed by atoms with van der Waals surface area (Å²) >= 11 is 9.77. The molecule has 0 saturated heterocycles. The summed E-state index contributed by atoms with van der Waals surface area (Å²) in [5, 5.41) is 12.8. The van der Waals surface area contributed by atoms with E-state index in [9.17, 15) is 10.1 Å². The zero-order valence-corrected chi connectivity index (χ0v) is 16.0. The highest BCUT2D eigenvalue weighted by molar-refractivity contribution is 9.10. The lowest BCUT2D eigenvalue weighted by Gasteiger charge is -2.14. The van der Waals surface area contributed by atoms with Crippen LogP contribution in [0.25, 0.3) is 0 Å². The number of rotatable bonds is 4. The molecule has 128 valence electrons. The second-order valence-electron chi connectivity index (χ2n) is 5.64. The predicted octanol–water partition coefficient (Wildman–Crippen LogP) is 6.01. The first-order chi connectivity index (χ1) is 12.6. The van der Waals surface area contributed by atoms with Crippen molar-refractivity contribution in [3.8, 4) is 6.07 Å². The highest BCUT2D eigenvalue weighted by Crippen LogP contribution is 2.32. The van der Waals surface area contributed by atoms with Crippen molar-refractivity contribution in [2.45, 2.75) is 5.92 Å². The fraction of sp³-hybridized carbons (Fsp3) is 0.0476. The molecule has 3 rings (SSSR count). The largest absolute Gasteiger partial charge is 0.322 e. The van der Waals surface area contributed by atoms with Gasteiger partial charge in [0.05, 0.1) is 17.6 Å². The lowest BCUT2D eigenvalue weighted by atomic mass is 9.92. The van der Waals surface area contributed by atoms with Crippen molar-refractivity contribution in [2.75, 3.05) is 5.32 Å². The molecule has 1 amide bonds. The fourth-order valence-corrected chi connectivity index (χ4v) is 3.41. The van der Waals surface area contributed by atoms with Gasteiger partial charge in [-0.3, -0.25) is 4.79 Å². The molecule has 0 aliphatic carbocycles. The van der Waals surface area contributed by atoms with Crippen molar-refractivity contribution in [3.63, 3.8) is 0 Å². The van der Waals surface area contributed by atoms with Gasteiger partial charge in [0.25, 0.3) is 5.91 Å². The molecule has 0 fully saturated rings. The van der Waals surface area contributed by atoms with E-state index in [4.69, 9.17) is 11.6 Å². The van der Waals surface area contributed by atoms with Gasteiger partial charge in [-0.1, -0.05) is 60.1 Å². The number of nitriles is 1. The van der Waals surface area contributed by atoms with Crippen molar-refractivity contribution < 1.29 is 4.79 Å². The monoisotopic (exact) mass is 424 g/mol. The lowest BCUT2D eigenvalue weighted by Crippen LogP contribution is -2.12. The normalized spacial score (nSPS) is 11.4. The van der Waals surface area contributed by atoms with Crippen LogP contribution in [0.15, 0.2) is 77.3 Å². The van der Waals surface area contributed by atoms with Crippen molar-refractivity contribution in [1.82, 2.24) is 0 Å². The first kappa shape index (κ1) is 18.2. The van der Waals surface area contributed by atoms with Crippen LogP contribution in [0.2, 0.25) is 5.02 Å². The third kappa shape index (κ3) is 3.96. The molecule has 0 aromatic heterocycles. The minimum atomic E-state index is -0.461.